The molecular weight excluding hydrogens is 276 g/mol. The lowest BCUT2D eigenvalue weighted by molar-refractivity contribution is 0.225. The van der Waals surface area contributed by atoms with Gasteiger partial charge in [0.25, 0.3) is 0 Å². The van der Waals surface area contributed by atoms with Crippen LogP contribution in [0.2, 0.25) is 0 Å². The van der Waals surface area contributed by atoms with Crippen molar-refractivity contribution < 1.29 is 9.53 Å². The van der Waals surface area contributed by atoms with Crippen LogP contribution in [0.1, 0.15) is 45.1 Å². The Hall–Kier alpha value is -1.71. The standard InChI is InChI=1S/C18H28N2O2/c1-13-7-9-16(10-8-13)20-18(21)19-14(2)11-15-5-4-6-17(12-15)22-3/h4-6,12-14,16H,7-11H2,1-3H3,(H2,19,20,21). The molecule has 0 aromatic heterocycles. The molecule has 1 unspecified atom stereocenters. The van der Waals surface area contributed by atoms with E-state index in [1.165, 1.54) is 18.4 Å². The molecule has 0 bridgehead atoms. The lowest BCUT2D eigenvalue weighted by Gasteiger charge is -2.27. The molecule has 122 valence electrons. The summed E-state index contributed by atoms with van der Waals surface area (Å²) >= 11 is 0. The predicted molar refractivity (Wildman–Crippen MR) is 89.2 cm³/mol. The van der Waals surface area contributed by atoms with E-state index in [9.17, 15) is 4.79 Å². The molecule has 1 atom stereocenters. The first-order chi connectivity index (χ1) is 10.6. The van der Waals surface area contributed by atoms with Crippen LogP contribution >= 0.6 is 0 Å². The van der Waals surface area contributed by atoms with E-state index in [-0.39, 0.29) is 12.1 Å². The molecule has 2 amide bonds. The second kappa shape index (κ2) is 8.06. The monoisotopic (exact) mass is 304 g/mol. The zero-order valence-electron chi connectivity index (χ0n) is 13.9. The molecule has 0 spiro atoms. The van der Waals surface area contributed by atoms with E-state index in [1.54, 1.807) is 7.11 Å². The van der Waals surface area contributed by atoms with Gasteiger partial charge in [-0.05, 0) is 62.6 Å². The lowest BCUT2D eigenvalue weighted by Crippen LogP contribution is -2.46. The fourth-order valence-electron chi connectivity index (χ4n) is 3.06. The number of amides is 2. The highest BCUT2D eigenvalue weighted by atomic mass is 16.5. The summed E-state index contributed by atoms with van der Waals surface area (Å²) in [6.07, 6.45) is 5.42. The van der Waals surface area contributed by atoms with Crippen LogP contribution in [0.15, 0.2) is 24.3 Å². The van der Waals surface area contributed by atoms with Crippen molar-refractivity contribution in [3.05, 3.63) is 29.8 Å². The van der Waals surface area contributed by atoms with E-state index in [0.29, 0.717) is 6.04 Å². The molecule has 2 rings (SSSR count). The first-order valence-electron chi connectivity index (χ1n) is 8.26. The van der Waals surface area contributed by atoms with E-state index in [1.807, 2.05) is 25.1 Å². The molecule has 22 heavy (non-hydrogen) atoms. The van der Waals surface area contributed by atoms with Gasteiger partial charge in [-0.25, -0.2) is 4.79 Å². The molecule has 4 heteroatoms. The van der Waals surface area contributed by atoms with E-state index in [4.69, 9.17) is 4.74 Å². The summed E-state index contributed by atoms with van der Waals surface area (Å²) in [4.78, 5) is 12.1. The lowest BCUT2D eigenvalue weighted by atomic mass is 9.87. The van der Waals surface area contributed by atoms with Crippen LogP contribution < -0.4 is 15.4 Å². The summed E-state index contributed by atoms with van der Waals surface area (Å²) in [6.45, 7) is 4.31. The largest absolute Gasteiger partial charge is 0.497 e. The van der Waals surface area contributed by atoms with Crippen molar-refractivity contribution in [2.45, 2.75) is 58.0 Å². The van der Waals surface area contributed by atoms with E-state index >= 15 is 0 Å². The molecule has 0 saturated heterocycles. The fraction of sp³-hybridized carbons (Fsp3) is 0.611. The Morgan fingerprint density at radius 3 is 2.73 bits per heavy atom. The van der Waals surface area contributed by atoms with Gasteiger partial charge in [-0.2, -0.15) is 0 Å². The molecule has 1 fully saturated rings. The minimum Gasteiger partial charge on any atom is -0.497 e. The summed E-state index contributed by atoms with van der Waals surface area (Å²) in [7, 11) is 1.67. The Morgan fingerprint density at radius 1 is 1.32 bits per heavy atom. The van der Waals surface area contributed by atoms with Crippen LogP contribution in [0.3, 0.4) is 0 Å². The highest BCUT2D eigenvalue weighted by molar-refractivity contribution is 5.74. The van der Waals surface area contributed by atoms with Crippen LogP contribution in [0.5, 0.6) is 5.75 Å². The van der Waals surface area contributed by atoms with Crippen LogP contribution in [-0.4, -0.2) is 25.2 Å². The number of methoxy groups -OCH3 is 1. The van der Waals surface area contributed by atoms with Crippen molar-refractivity contribution >= 4 is 6.03 Å². The Kier molecular flexibility index (Phi) is 6.10. The van der Waals surface area contributed by atoms with Crippen molar-refractivity contribution in [2.75, 3.05) is 7.11 Å². The van der Waals surface area contributed by atoms with Gasteiger partial charge in [-0.15, -0.1) is 0 Å². The van der Waals surface area contributed by atoms with Gasteiger partial charge in [0.2, 0.25) is 0 Å². The first kappa shape index (κ1) is 16.7. The molecule has 1 aliphatic carbocycles. The Morgan fingerprint density at radius 2 is 2.05 bits per heavy atom. The number of nitrogens with one attached hydrogen (secondary N) is 2. The van der Waals surface area contributed by atoms with Crippen molar-refractivity contribution in [1.82, 2.24) is 10.6 Å². The van der Waals surface area contributed by atoms with Crippen LogP contribution in [-0.2, 0) is 6.42 Å². The third-order valence-corrected chi connectivity index (χ3v) is 4.40. The van der Waals surface area contributed by atoms with Gasteiger partial charge in [-0.3, -0.25) is 0 Å². The van der Waals surface area contributed by atoms with Crippen molar-refractivity contribution in [3.8, 4) is 5.75 Å². The smallest absolute Gasteiger partial charge is 0.315 e. The number of carbonyl (C=O) groups excluding carboxylic acids is 1. The quantitative estimate of drug-likeness (QED) is 0.874. The minimum atomic E-state index is -0.0463. The zero-order valence-corrected chi connectivity index (χ0v) is 13.9. The summed E-state index contributed by atoms with van der Waals surface area (Å²) in [5.74, 6) is 1.65. The van der Waals surface area contributed by atoms with Gasteiger partial charge < -0.3 is 15.4 Å². The van der Waals surface area contributed by atoms with Gasteiger partial charge in [0.15, 0.2) is 0 Å². The number of ether oxygens (including phenoxy) is 1. The zero-order chi connectivity index (χ0) is 15.9. The normalized spacial score (nSPS) is 22.7. The number of carbonyl (C=O) groups is 1. The van der Waals surface area contributed by atoms with Crippen molar-refractivity contribution in [1.29, 1.82) is 0 Å². The maximum absolute atomic E-state index is 12.1. The molecule has 1 aromatic rings. The molecule has 1 aromatic carbocycles. The Bertz CT molecular complexity index is 482. The molecule has 0 heterocycles. The highest BCUT2D eigenvalue weighted by Gasteiger charge is 2.20. The van der Waals surface area contributed by atoms with Crippen LogP contribution in [0.4, 0.5) is 4.79 Å². The Balaban J connectivity index is 1.76. The number of rotatable bonds is 5. The topological polar surface area (TPSA) is 50.4 Å². The Labute approximate surface area is 133 Å². The predicted octanol–water partition coefficient (Wildman–Crippen LogP) is 3.50. The van der Waals surface area contributed by atoms with Gasteiger partial charge in [0.1, 0.15) is 5.75 Å². The summed E-state index contributed by atoms with van der Waals surface area (Å²) < 4.78 is 5.23. The second-order valence-corrected chi connectivity index (χ2v) is 6.53. The SMILES string of the molecule is COc1cccc(CC(C)NC(=O)NC2CCC(C)CC2)c1. The highest BCUT2D eigenvalue weighted by Crippen LogP contribution is 2.23. The number of benzene rings is 1. The summed E-state index contributed by atoms with van der Waals surface area (Å²) in [6, 6.07) is 8.35. The van der Waals surface area contributed by atoms with Crippen molar-refractivity contribution in [2.24, 2.45) is 5.92 Å². The molecule has 1 saturated carbocycles. The van der Waals surface area contributed by atoms with E-state index in [2.05, 4.69) is 23.6 Å². The third kappa shape index (κ3) is 5.24. The molecule has 2 N–H and O–H groups in total. The van der Waals surface area contributed by atoms with Crippen LogP contribution in [0, 0.1) is 5.92 Å². The van der Waals surface area contributed by atoms with Crippen molar-refractivity contribution in [3.63, 3.8) is 0 Å². The number of urea groups is 1. The molecule has 0 radical (unpaired) electrons. The third-order valence-electron chi connectivity index (χ3n) is 4.40. The summed E-state index contributed by atoms with van der Waals surface area (Å²) in [5.41, 5.74) is 1.17. The average Bonchev–Trinajstić information content (AvgIpc) is 2.49. The van der Waals surface area contributed by atoms with E-state index < -0.39 is 0 Å². The minimum absolute atomic E-state index is 0.0463. The fourth-order valence-corrected chi connectivity index (χ4v) is 3.06. The van der Waals surface area contributed by atoms with Crippen LogP contribution in [0.25, 0.3) is 0 Å². The van der Waals surface area contributed by atoms with Gasteiger partial charge >= 0.3 is 6.03 Å². The maximum Gasteiger partial charge on any atom is 0.315 e. The second-order valence-electron chi connectivity index (χ2n) is 6.53. The molecule has 4 nitrogen and oxygen atoms in total. The number of hydrogen-bond acceptors (Lipinski definition) is 2. The number of hydrogen-bond donors (Lipinski definition) is 2. The molecular formula is C18H28N2O2. The average molecular weight is 304 g/mol. The maximum atomic E-state index is 12.1. The summed E-state index contributed by atoms with van der Waals surface area (Å²) in [5, 5.41) is 6.14. The van der Waals surface area contributed by atoms with E-state index in [0.717, 1.165) is 30.9 Å². The van der Waals surface area contributed by atoms with Gasteiger partial charge in [0.05, 0.1) is 7.11 Å². The molecule has 0 aliphatic heterocycles. The molecule has 1 aliphatic rings. The van der Waals surface area contributed by atoms with Gasteiger partial charge in [0, 0.05) is 12.1 Å². The van der Waals surface area contributed by atoms with Gasteiger partial charge in [-0.1, -0.05) is 19.1 Å². The first-order valence-corrected chi connectivity index (χ1v) is 8.26.